The summed E-state index contributed by atoms with van der Waals surface area (Å²) < 4.78 is 1.11. The normalized spacial score (nSPS) is 11.9. The highest BCUT2D eigenvalue weighted by atomic mass is 127. The molecule has 0 aliphatic carbocycles. The number of nitrogens with zero attached hydrogens (tertiary/aromatic N) is 1. The van der Waals surface area contributed by atoms with Gasteiger partial charge in [0.05, 0.1) is 11.8 Å². The molecule has 0 heterocycles. The van der Waals surface area contributed by atoms with Gasteiger partial charge in [-0.2, -0.15) is 5.26 Å². The fourth-order valence-electron chi connectivity index (χ4n) is 1.12. The quantitative estimate of drug-likeness (QED) is 0.640. The molecule has 0 fully saturated rings. The van der Waals surface area contributed by atoms with Crippen LogP contribution in [0, 0.1) is 21.8 Å². The van der Waals surface area contributed by atoms with Crippen LogP contribution < -0.4 is 5.73 Å². The van der Waals surface area contributed by atoms with Crippen LogP contribution in [-0.4, -0.2) is 0 Å². The molecule has 0 bridgehead atoms. The molecule has 1 rings (SSSR count). The first kappa shape index (κ1) is 11.1. The number of halogens is 1. The van der Waals surface area contributed by atoms with Gasteiger partial charge >= 0.3 is 0 Å². The van der Waals surface area contributed by atoms with Gasteiger partial charge in [-0.3, -0.25) is 0 Å². The van der Waals surface area contributed by atoms with Gasteiger partial charge in [-0.15, -0.1) is 0 Å². The molecule has 0 aliphatic heterocycles. The Morgan fingerprint density at radius 1 is 1.50 bits per heavy atom. The van der Waals surface area contributed by atoms with Gasteiger partial charge in [0.2, 0.25) is 0 Å². The first-order chi connectivity index (χ1) is 6.57. The number of rotatable bonds is 1. The first-order valence-corrected chi connectivity index (χ1v) is 5.27. The Labute approximate surface area is 97.6 Å². The van der Waals surface area contributed by atoms with Crippen molar-refractivity contribution >= 4 is 28.3 Å². The second kappa shape index (κ2) is 4.47. The summed E-state index contributed by atoms with van der Waals surface area (Å²) in [4.78, 5) is 0. The molecule has 0 spiro atoms. The lowest BCUT2D eigenvalue weighted by Gasteiger charge is -2.07. The highest BCUT2D eigenvalue weighted by Crippen LogP contribution is 2.22. The van der Waals surface area contributed by atoms with Gasteiger partial charge in [0.1, 0.15) is 0 Å². The molecule has 14 heavy (non-hydrogen) atoms. The van der Waals surface area contributed by atoms with E-state index in [2.05, 4.69) is 28.7 Å². The molecule has 0 saturated carbocycles. The topological polar surface area (TPSA) is 49.8 Å². The van der Waals surface area contributed by atoms with E-state index < -0.39 is 0 Å². The molecule has 0 aromatic heterocycles. The Balaban J connectivity index is 3.36. The highest BCUT2D eigenvalue weighted by molar-refractivity contribution is 14.1. The molecule has 72 valence electrons. The van der Waals surface area contributed by atoms with Crippen molar-refractivity contribution in [1.82, 2.24) is 0 Å². The van der Waals surface area contributed by atoms with Gasteiger partial charge in [-0.25, -0.2) is 0 Å². The fourth-order valence-corrected chi connectivity index (χ4v) is 1.77. The summed E-state index contributed by atoms with van der Waals surface area (Å²) in [6.45, 7) is 3.76. The number of benzene rings is 1. The summed E-state index contributed by atoms with van der Waals surface area (Å²) in [7, 11) is 0. The van der Waals surface area contributed by atoms with Crippen molar-refractivity contribution in [3.05, 3.63) is 38.5 Å². The van der Waals surface area contributed by atoms with E-state index in [4.69, 9.17) is 11.0 Å². The average Bonchev–Trinajstić information content (AvgIpc) is 2.20. The van der Waals surface area contributed by atoms with Gasteiger partial charge in [0, 0.05) is 14.7 Å². The van der Waals surface area contributed by atoms with E-state index in [1.807, 2.05) is 25.1 Å². The Kier molecular flexibility index (Phi) is 3.53. The van der Waals surface area contributed by atoms with Crippen LogP contribution in [0.3, 0.4) is 0 Å². The molecule has 0 unspecified atom stereocenters. The molecule has 0 atom stereocenters. The maximum Gasteiger partial charge on any atom is 0.0965 e. The molecule has 1 aromatic rings. The van der Waals surface area contributed by atoms with E-state index in [9.17, 15) is 0 Å². The number of hydrogen-bond acceptors (Lipinski definition) is 2. The number of nitriles is 1. The second-order valence-electron chi connectivity index (χ2n) is 3.09. The van der Waals surface area contributed by atoms with Crippen molar-refractivity contribution in [3.8, 4) is 6.07 Å². The maximum atomic E-state index is 8.74. The number of nitrogens with two attached hydrogens (primary N) is 1. The largest absolute Gasteiger partial charge is 0.397 e. The van der Waals surface area contributed by atoms with Crippen molar-refractivity contribution in [3.63, 3.8) is 0 Å². The Bertz CT molecular complexity index is 427. The minimum atomic E-state index is 0.563. The number of allylic oxidation sites excluding steroid dienone is 1. The third-order valence-electron chi connectivity index (χ3n) is 2.05. The maximum absolute atomic E-state index is 8.74. The number of hydrogen-bond donors (Lipinski definition) is 1. The third-order valence-corrected chi connectivity index (χ3v) is 3.49. The molecule has 3 heteroatoms. The summed E-state index contributed by atoms with van der Waals surface area (Å²) in [5.74, 6) is 0. The van der Waals surface area contributed by atoms with E-state index in [0.717, 1.165) is 9.13 Å². The second-order valence-corrected chi connectivity index (χ2v) is 4.17. The Morgan fingerprint density at radius 3 is 2.71 bits per heavy atom. The lowest BCUT2D eigenvalue weighted by atomic mass is 10.1. The standard InChI is InChI=1S/C11H11IN2/c1-7-4-3-5-9(10(7)12)11(14)8(2)6-13/h3-5H,14H2,1-2H3/b11-8-. The van der Waals surface area contributed by atoms with Gasteiger partial charge in [0.15, 0.2) is 0 Å². The van der Waals surface area contributed by atoms with Gasteiger partial charge < -0.3 is 5.73 Å². The Hall–Kier alpha value is -1.02. The predicted octanol–water partition coefficient (Wildman–Crippen LogP) is 2.81. The van der Waals surface area contributed by atoms with Gasteiger partial charge in [0.25, 0.3) is 0 Å². The van der Waals surface area contributed by atoms with Crippen LogP contribution in [0.4, 0.5) is 0 Å². The van der Waals surface area contributed by atoms with Crippen LogP contribution in [0.2, 0.25) is 0 Å². The summed E-state index contributed by atoms with van der Waals surface area (Å²) in [5, 5.41) is 8.74. The molecule has 0 saturated heterocycles. The third kappa shape index (κ3) is 2.07. The van der Waals surface area contributed by atoms with Crippen LogP contribution in [-0.2, 0) is 0 Å². The van der Waals surface area contributed by atoms with Crippen LogP contribution >= 0.6 is 22.6 Å². The van der Waals surface area contributed by atoms with E-state index in [-0.39, 0.29) is 0 Å². The summed E-state index contributed by atoms with van der Waals surface area (Å²) in [6, 6.07) is 7.97. The average molecular weight is 298 g/mol. The lowest BCUT2D eigenvalue weighted by Crippen LogP contribution is -2.02. The molecule has 0 amide bonds. The van der Waals surface area contributed by atoms with Gasteiger partial charge in [-0.05, 0) is 42.0 Å². The van der Waals surface area contributed by atoms with Crippen molar-refractivity contribution in [2.45, 2.75) is 13.8 Å². The molecule has 2 nitrogen and oxygen atoms in total. The van der Waals surface area contributed by atoms with E-state index in [1.54, 1.807) is 6.92 Å². The summed E-state index contributed by atoms with van der Waals surface area (Å²) >= 11 is 2.25. The zero-order valence-corrected chi connectivity index (χ0v) is 10.3. The van der Waals surface area contributed by atoms with Gasteiger partial charge in [-0.1, -0.05) is 18.2 Å². The lowest BCUT2D eigenvalue weighted by molar-refractivity contribution is 1.34. The van der Waals surface area contributed by atoms with Crippen LogP contribution in [0.15, 0.2) is 23.8 Å². The van der Waals surface area contributed by atoms with E-state index in [1.165, 1.54) is 5.56 Å². The zero-order valence-electron chi connectivity index (χ0n) is 8.13. The Morgan fingerprint density at radius 2 is 2.14 bits per heavy atom. The molecular formula is C11H11IN2. The smallest absolute Gasteiger partial charge is 0.0965 e. The van der Waals surface area contributed by atoms with E-state index >= 15 is 0 Å². The first-order valence-electron chi connectivity index (χ1n) is 4.20. The van der Waals surface area contributed by atoms with Crippen molar-refractivity contribution in [1.29, 1.82) is 5.26 Å². The SMILES string of the molecule is C/C(C#N)=C(/N)c1cccc(C)c1I. The molecule has 1 aromatic carbocycles. The minimum Gasteiger partial charge on any atom is -0.397 e. The van der Waals surface area contributed by atoms with E-state index in [0.29, 0.717) is 11.3 Å². The van der Waals surface area contributed by atoms with Crippen molar-refractivity contribution in [2.75, 3.05) is 0 Å². The van der Waals surface area contributed by atoms with Crippen LogP contribution in [0.5, 0.6) is 0 Å². The fraction of sp³-hybridized carbons (Fsp3) is 0.182. The summed E-state index contributed by atoms with van der Waals surface area (Å²) in [5.41, 5.74) is 9.13. The van der Waals surface area contributed by atoms with Crippen LogP contribution in [0.25, 0.3) is 5.70 Å². The molecular weight excluding hydrogens is 287 g/mol. The molecule has 0 aliphatic rings. The van der Waals surface area contributed by atoms with Crippen LogP contribution in [0.1, 0.15) is 18.1 Å². The molecule has 0 radical (unpaired) electrons. The van der Waals surface area contributed by atoms with Crippen molar-refractivity contribution in [2.24, 2.45) is 5.73 Å². The monoisotopic (exact) mass is 298 g/mol. The highest BCUT2D eigenvalue weighted by Gasteiger charge is 2.06. The zero-order chi connectivity index (χ0) is 10.7. The summed E-state index contributed by atoms with van der Waals surface area (Å²) in [6.07, 6.45) is 0. The minimum absolute atomic E-state index is 0.563. The molecule has 2 N–H and O–H groups in total. The number of aryl methyl sites for hydroxylation is 1. The predicted molar refractivity (Wildman–Crippen MR) is 66.3 cm³/mol. The van der Waals surface area contributed by atoms with Crippen molar-refractivity contribution < 1.29 is 0 Å².